The number of phenolic OH excluding ortho intramolecular Hbond substituents is 1. The first kappa shape index (κ1) is 34.7. The van der Waals surface area contributed by atoms with Crippen molar-refractivity contribution in [3.05, 3.63) is 137 Å². The summed E-state index contributed by atoms with van der Waals surface area (Å²) in [6.07, 6.45) is 0.772. The summed E-state index contributed by atoms with van der Waals surface area (Å²) in [7, 11) is -4.01. The van der Waals surface area contributed by atoms with Gasteiger partial charge in [0.05, 0.1) is 22.9 Å². The van der Waals surface area contributed by atoms with Gasteiger partial charge in [-0.2, -0.15) is 0 Å². The summed E-state index contributed by atoms with van der Waals surface area (Å²) in [6.45, 7) is 3.89. The number of hydrogen-bond donors (Lipinski definition) is 2. The Labute approximate surface area is 295 Å². The number of halogens is 1. The molecule has 13 heteroatoms. The predicted octanol–water partition coefficient (Wildman–Crippen LogP) is 4.62. The standard InChI is InChI=1S/C37H36ClN5O6S/c1-2-20-41-25-35(45)42-32(21-26-12-16-30(44)17-13-26)36(46)40(24-34(42)43(41)37(47)39-22-27-8-4-3-5-9-27)23-28-10-6-7-11-33(28)50(48,49)31-18-14-29(38)15-19-31/h2-19,32,34,44H,1,20-25H2,(H,39,47). The Kier molecular flexibility index (Phi) is 10.2. The van der Waals surface area contributed by atoms with Crippen LogP contribution in [0.25, 0.3) is 0 Å². The minimum Gasteiger partial charge on any atom is -0.508 e. The third-order valence-electron chi connectivity index (χ3n) is 8.78. The van der Waals surface area contributed by atoms with Crippen molar-refractivity contribution in [2.75, 3.05) is 19.6 Å². The fraction of sp³-hybridized carbons (Fsp3) is 0.216. The van der Waals surface area contributed by atoms with E-state index in [1.807, 2.05) is 30.3 Å². The van der Waals surface area contributed by atoms with E-state index in [0.717, 1.165) is 5.56 Å². The molecule has 0 aromatic heterocycles. The second-order valence-electron chi connectivity index (χ2n) is 12.1. The van der Waals surface area contributed by atoms with Crippen LogP contribution in [-0.2, 0) is 38.9 Å². The molecule has 258 valence electrons. The molecule has 2 fully saturated rings. The molecule has 2 N–H and O–H groups in total. The molecule has 4 aromatic rings. The fourth-order valence-electron chi connectivity index (χ4n) is 6.40. The topological polar surface area (TPSA) is 131 Å². The van der Waals surface area contributed by atoms with E-state index in [2.05, 4.69) is 11.9 Å². The van der Waals surface area contributed by atoms with Gasteiger partial charge in [0.2, 0.25) is 21.7 Å². The normalized spacial score (nSPS) is 18.1. The average Bonchev–Trinajstić information content (AvgIpc) is 3.11. The number of fused-ring (bicyclic) bond motifs is 1. The van der Waals surface area contributed by atoms with Crippen LogP contribution in [0.4, 0.5) is 4.79 Å². The van der Waals surface area contributed by atoms with Crippen LogP contribution in [0.1, 0.15) is 16.7 Å². The van der Waals surface area contributed by atoms with E-state index in [1.54, 1.807) is 41.4 Å². The van der Waals surface area contributed by atoms with Crippen molar-refractivity contribution >= 4 is 39.3 Å². The number of aromatic hydroxyl groups is 1. The Bertz CT molecular complexity index is 1990. The van der Waals surface area contributed by atoms with Gasteiger partial charge in [0.15, 0.2) is 0 Å². The predicted molar refractivity (Wildman–Crippen MR) is 187 cm³/mol. The van der Waals surface area contributed by atoms with Crippen LogP contribution in [0, 0.1) is 0 Å². The van der Waals surface area contributed by atoms with Crippen LogP contribution in [0.5, 0.6) is 5.75 Å². The lowest BCUT2D eigenvalue weighted by Gasteiger charge is -2.55. The zero-order valence-corrected chi connectivity index (χ0v) is 28.6. The molecular weight excluding hydrogens is 678 g/mol. The number of urea groups is 1. The number of carbonyl (C=O) groups excluding carboxylic acids is 3. The van der Waals surface area contributed by atoms with E-state index in [4.69, 9.17) is 11.6 Å². The maximum Gasteiger partial charge on any atom is 0.334 e. The Morgan fingerprint density at radius 1 is 0.920 bits per heavy atom. The number of carbonyl (C=O) groups is 3. The third-order valence-corrected chi connectivity index (χ3v) is 10.9. The molecule has 2 atom stereocenters. The molecule has 2 aliphatic heterocycles. The van der Waals surface area contributed by atoms with Crippen LogP contribution in [0.15, 0.2) is 126 Å². The van der Waals surface area contributed by atoms with Gasteiger partial charge < -0.3 is 20.2 Å². The third kappa shape index (κ3) is 7.23. The van der Waals surface area contributed by atoms with Crippen LogP contribution >= 0.6 is 11.6 Å². The summed E-state index contributed by atoms with van der Waals surface area (Å²) in [4.78, 5) is 45.4. The minimum absolute atomic E-state index is 0.0260. The molecule has 50 heavy (non-hydrogen) atoms. The van der Waals surface area contributed by atoms with Crippen molar-refractivity contribution in [1.82, 2.24) is 25.1 Å². The number of nitrogens with one attached hydrogen (secondary N) is 1. The Hall–Kier alpha value is -5.17. The summed E-state index contributed by atoms with van der Waals surface area (Å²) in [6, 6.07) is 26.6. The maximum atomic E-state index is 14.4. The van der Waals surface area contributed by atoms with E-state index in [9.17, 15) is 27.9 Å². The molecule has 0 aliphatic carbocycles. The van der Waals surface area contributed by atoms with Crippen LogP contribution < -0.4 is 5.32 Å². The molecule has 2 aliphatic rings. The smallest absolute Gasteiger partial charge is 0.334 e. The lowest BCUT2D eigenvalue weighted by molar-refractivity contribution is -0.189. The molecule has 2 heterocycles. The van der Waals surface area contributed by atoms with Gasteiger partial charge in [-0.1, -0.05) is 78.3 Å². The van der Waals surface area contributed by atoms with Crippen molar-refractivity contribution in [3.8, 4) is 5.75 Å². The summed E-state index contributed by atoms with van der Waals surface area (Å²) >= 11 is 6.02. The highest BCUT2D eigenvalue weighted by molar-refractivity contribution is 7.91. The molecule has 6 rings (SSSR count). The average molecular weight is 714 g/mol. The van der Waals surface area contributed by atoms with Crippen LogP contribution in [-0.4, -0.2) is 83.0 Å². The first-order chi connectivity index (χ1) is 24.1. The van der Waals surface area contributed by atoms with E-state index >= 15 is 0 Å². The number of hydrogen-bond acceptors (Lipinski definition) is 7. The molecule has 11 nitrogen and oxygen atoms in total. The van der Waals surface area contributed by atoms with Crippen molar-refractivity contribution in [3.63, 3.8) is 0 Å². The number of amides is 4. The van der Waals surface area contributed by atoms with Crippen LogP contribution in [0.3, 0.4) is 0 Å². The van der Waals surface area contributed by atoms with Crippen molar-refractivity contribution < 1.29 is 27.9 Å². The molecule has 0 saturated carbocycles. The number of rotatable bonds is 10. The number of hydrazine groups is 1. The SMILES string of the molecule is C=CCN1CC(=O)N2C(Cc3ccc(O)cc3)C(=O)N(Cc3ccccc3S(=O)(=O)c3ccc(Cl)cc3)CC2N1C(=O)NCc1ccccc1. The van der Waals surface area contributed by atoms with E-state index < -0.39 is 34.0 Å². The highest BCUT2D eigenvalue weighted by atomic mass is 35.5. The molecule has 2 saturated heterocycles. The van der Waals surface area contributed by atoms with Gasteiger partial charge in [-0.3, -0.25) is 9.59 Å². The molecular formula is C37H36ClN5O6S. The largest absolute Gasteiger partial charge is 0.508 e. The second-order valence-corrected chi connectivity index (χ2v) is 14.4. The van der Waals surface area contributed by atoms with E-state index in [0.29, 0.717) is 16.1 Å². The molecule has 4 aromatic carbocycles. The molecule has 0 bridgehead atoms. The number of piperazine rings is 1. The van der Waals surface area contributed by atoms with Crippen molar-refractivity contribution in [2.24, 2.45) is 0 Å². The lowest BCUT2D eigenvalue weighted by Crippen LogP contribution is -2.76. The first-order valence-electron chi connectivity index (χ1n) is 16.0. The molecule has 2 unspecified atom stereocenters. The van der Waals surface area contributed by atoms with E-state index in [1.165, 1.54) is 57.3 Å². The fourth-order valence-corrected chi connectivity index (χ4v) is 8.01. The van der Waals surface area contributed by atoms with Gasteiger partial charge >= 0.3 is 6.03 Å². The quantitative estimate of drug-likeness (QED) is 0.230. The van der Waals surface area contributed by atoms with Gasteiger partial charge in [0, 0.05) is 31.1 Å². The number of benzene rings is 4. The Morgan fingerprint density at radius 2 is 1.60 bits per heavy atom. The highest BCUT2D eigenvalue weighted by Gasteiger charge is 2.51. The summed E-state index contributed by atoms with van der Waals surface area (Å²) in [5.41, 5.74) is 1.94. The number of phenols is 1. The second kappa shape index (κ2) is 14.8. The van der Waals surface area contributed by atoms with E-state index in [-0.39, 0.29) is 60.6 Å². The molecule has 4 amide bonds. The number of nitrogens with zero attached hydrogens (tertiary/aromatic N) is 4. The Morgan fingerprint density at radius 3 is 2.30 bits per heavy atom. The lowest BCUT2D eigenvalue weighted by atomic mass is 9.98. The zero-order chi connectivity index (χ0) is 35.4. The van der Waals surface area contributed by atoms with Crippen molar-refractivity contribution in [2.45, 2.75) is 41.5 Å². The Balaban J connectivity index is 1.38. The monoisotopic (exact) mass is 713 g/mol. The van der Waals surface area contributed by atoms with Crippen molar-refractivity contribution in [1.29, 1.82) is 0 Å². The summed E-state index contributed by atoms with van der Waals surface area (Å²) in [5.74, 6) is -0.688. The van der Waals surface area contributed by atoms with Gasteiger partial charge in [-0.25, -0.2) is 23.2 Å². The number of sulfone groups is 1. The maximum absolute atomic E-state index is 14.4. The van der Waals surface area contributed by atoms with Gasteiger partial charge in [0.1, 0.15) is 18.0 Å². The zero-order valence-electron chi connectivity index (χ0n) is 27.1. The summed E-state index contributed by atoms with van der Waals surface area (Å²) < 4.78 is 27.7. The minimum atomic E-state index is -4.01. The van der Waals surface area contributed by atoms with Gasteiger partial charge in [-0.15, -0.1) is 6.58 Å². The van der Waals surface area contributed by atoms with Gasteiger partial charge in [-0.05, 0) is 59.2 Å². The first-order valence-corrected chi connectivity index (χ1v) is 17.9. The highest BCUT2D eigenvalue weighted by Crippen LogP contribution is 2.32. The van der Waals surface area contributed by atoms with Crippen LogP contribution in [0.2, 0.25) is 5.02 Å². The summed E-state index contributed by atoms with van der Waals surface area (Å²) in [5, 5.41) is 16.3. The molecule has 0 radical (unpaired) electrons. The molecule has 0 spiro atoms. The van der Waals surface area contributed by atoms with Gasteiger partial charge in [0.25, 0.3) is 0 Å².